The number of nitrogens with one attached hydrogen (secondary N) is 1. The fraction of sp³-hybridized carbons (Fsp3) is 0.625. The molecule has 0 radical (unpaired) electrons. The van der Waals surface area contributed by atoms with Crippen LogP contribution in [0.2, 0.25) is 0 Å². The van der Waals surface area contributed by atoms with Crippen molar-refractivity contribution in [3.05, 3.63) is 48.0 Å². The first kappa shape index (κ1) is 21.8. The second-order valence-corrected chi connectivity index (χ2v) is 10.0. The second-order valence-electron chi connectivity index (χ2n) is 10.0. The Labute approximate surface area is 185 Å². The van der Waals surface area contributed by atoms with Crippen LogP contribution in [0, 0.1) is 5.41 Å². The lowest BCUT2D eigenvalue weighted by Crippen LogP contribution is -2.44. The molecule has 0 bridgehead atoms. The van der Waals surface area contributed by atoms with Gasteiger partial charge in [0.2, 0.25) is 0 Å². The Bertz CT molecular complexity index is 885. The lowest BCUT2D eigenvalue weighted by molar-refractivity contribution is 0.0187. The van der Waals surface area contributed by atoms with Crippen LogP contribution in [0.1, 0.15) is 64.3 Å². The van der Waals surface area contributed by atoms with Gasteiger partial charge in [-0.2, -0.15) is 5.10 Å². The maximum Gasteiger partial charge on any atom is 0.410 e. The highest BCUT2D eigenvalue weighted by molar-refractivity contribution is 5.69. The van der Waals surface area contributed by atoms with Gasteiger partial charge in [0.1, 0.15) is 17.8 Å². The molecule has 1 aromatic carbocycles. The van der Waals surface area contributed by atoms with E-state index >= 15 is 0 Å². The Balaban J connectivity index is 1.40. The zero-order chi connectivity index (χ0) is 22.1. The van der Waals surface area contributed by atoms with Crippen LogP contribution >= 0.6 is 0 Å². The molecule has 2 aromatic rings. The maximum atomic E-state index is 13.1. The number of nitrogens with zero attached hydrogens (tertiary/aromatic N) is 4. The van der Waals surface area contributed by atoms with Crippen molar-refractivity contribution in [2.75, 3.05) is 13.1 Å². The van der Waals surface area contributed by atoms with Crippen LogP contribution in [0.5, 0.6) is 0 Å². The van der Waals surface area contributed by atoms with Crippen molar-refractivity contribution in [3.8, 4) is 0 Å². The SMILES string of the molecule is CCn1ncnc1CNCC1(CN(C(=O)OC(C)(C)C)[C@H]2CC2c2ccccc2)CC1. The minimum Gasteiger partial charge on any atom is -0.444 e. The Morgan fingerprint density at radius 2 is 2.03 bits per heavy atom. The van der Waals surface area contributed by atoms with E-state index in [2.05, 4.69) is 46.6 Å². The number of hydrogen-bond acceptors (Lipinski definition) is 5. The summed E-state index contributed by atoms with van der Waals surface area (Å²) in [5.41, 5.74) is 0.937. The van der Waals surface area contributed by atoms with Gasteiger partial charge in [0.25, 0.3) is 0 Å². The van der Waals surface area contributed by atoms with E-state index < -0.39 is 5.60 Å². The van der Waals surface area contributed by atoms with Gasteiger partial charge in [0.15, 0.2) is 0 Å². The van der Waals surface area contributed by atoms with Gasteiger partial charge in [0, 0.05) is 37.0 Å². The Morgan fingerprint density at radius 1 is 1.29 bits per heavy atom. The fourth-order valence-electron chi connectivity index (χ4n) is 4.28. The van der Waals surface area contributed by atoms with Crippen LogP contribution in [0.25, 0.3) is 0 Å². The van der Waals surface area contributed by atoms with Gasteiger partial charge >= 0.3 is 6.09 Å². The molecule has 31 heavy (non-hydrogen) atoms. The molecule has 1 N–H and O–H groups in total. The van der Waals surface area contributed by atoms with Crippen molar-refractivity contribution in [2.24, 2.45) is 5.41 Å². The predicted molar refractivity (Wildman–Crippen MR) is 120 cm³/mol. The third-order valence-corrected chi connectivity index (χ3v) is 6.25. The minimum absolute atomic E-state index is 0.123. The summed E-state index contributed by atoms with van der Waals surface area (Å²) < 4.78 is 7.71. The Hall–Kier alpha value is -2.41. The van der Waals surface area contributed by atoms with Gasteiger partial charge in [-0.3, -0.25) is 0 Å². The van der Waals surface area contributed by atoms with E-state index in [-0.39, 0.29) is 17.6 Å². The summed E-state index contributed by atoms with van der Waals surface area (Å²) in [4.78, 5) is 19.5. The Morgan fingerprint density at radius 3 is 2.68 bits per heavy atom. The first-order valence-corrected chi connectivity index (χ1v) is 11.4. The molecule has 168 valence electrons. The van der Waals surface area contributed by atoms with Gasteiger partial charge in [0.05, 0.1) is 6.54 Å². The van der Waals surface area contributed by atoms with Crippen molar-refractivity contribution in [3.63, 3.8) is 0 Å². The zero-order valence-electron chi connectivity index (χ0n) is 19.2. The van der Waals surface area contributed by atoms with E-state index in [9.17, 15) is 4.79 Å². The molecule has 1 unspecified atom stereocenters. The van der Waals surface area contributed by atoms with Crippen LogP contribution < -0.4 is 5.32 Å². The Kier molecular flexibility index (Phi) is 6.06. The van der Waals surface area contributed by atoms with Crippen molar-refractivity contribution >= 4 is 6.09 Å². The van der Waals surface area contributed by atoms with Gasteiger partial charge < -0.3 is 15.0 Å². The number of carbonyl (C=O) groups is 1. The number of amides is 1. The van der Waals surface area contributed by atoms with Gasteiger partial charge in [-0.1, -0.05) is 30.3 Å². The van der Waals surface area contributed by atoms with Gasteiger partial charge in [-0.05, 0) is 52.5 Å². The smallest absolute Gasteiger partial charge is 0.410 e. The molecule has 2 fully saturated rings. The van der Waals surface area contributed by atoms with Crippen molar-refractivity contribution < 1.29 is 9.53 Å². The lowest BCUT2D eigenvalue weighted by atomic mass is 10.1. The molecule has 7 nitrogen and oxygen atoms in total. The number of carbonyl (C=O) groups excluding carboxylic acids is 1. The molecule has 2 aliphatic carbocycles. The molecular formula is C24H35N5O2. The van der Waals surface area contributed by atoms with Crippen LogP contribution in [0.3, 0.4) is 0 Å². The maximum absolute atomic E-state index is 13.1. The number of benzene rings is 1. The average molecular weight is 426 g/mol. The molecule has 0 spiro atoms. The van der Waals surface area contributed by atoms with Gasteiger partial charge in [-0.15, -0.1) is 0 Å². The van der Waals surface area contributed by atoms with E-state index in [1.54, 1.807) is 6.33 Å². The molecule has 7 heteroatoms. The number of aromatic nitrogens is 3. The largest absolute Gasteiger partial charge is 0.444 e. The highest BCUT2D eigenvalue weighted by Crippen LogP contribution is 2.51. The molecule has 1 amide bonds. The van der Waals surface area contributed by atoms with E-state index in [4.69, 9.17) is 4.74 Å². The van der Waals surface area contributed by atoms with Crippen molar-refractivity contribution in [1.82, 2.24) is 25.0 Å². The molecule has 1 aromatic heterocycles. The molecule has 2 saturated carbocycles. The third kappa shape index (κ3) is 5.45. The third-order valence-electron chi connectivity index (χ3n) is 6.25. The molecule has 1 heterocycles. The average Bonchev–Trinajstić information content (AvgIpc) is 3.63. The van der Waals surface area contributed by atoms with Crippen LogP contribution in [0.15, 0.2) is 36.7 Å². The summed E-state index contributed by atoms with van der Waals surface area (Å²) in [6.45, 7) is 11.0. The van der Waals surface area contributed by atoms with Crippen LogP contribution in [0.4, 0.5) is 4.79 Å². The summed E-state index contributed by atoms with van der Waals surface area (Å²) in [6, 6.07) is 10.7. The molecule has 2 aliphatic rings. The molecular weight excluding hydrogens is 390 g/mol. The first-order chi connectivity index (χ1) is 14.8. The van der Waals surface area contributed by atoms with E-state index in [1.165, 1.54) is 5.56 Å². The van der Waals surface area contributed by atoms with E-state index in [1.807, 2.05) is 36.4 Å². The monoisotopic (exact) mass is 425 g/mol. The van der Waals surface area contributed by atoms with Crippen LogP contribution in [-0.4, -0.2) is 50.5 Å². The molecule has 0 saturated heterocycles. The van der Waals surface area contributed by atoms with Crippen molar-refractivity contribution in [2.45, 2.75) is 77.6 Å². The lowest BCUT2D eigenvalue weighted by Gasteiger charge is -2.31. The molecule has 4 rings (SSSR count). The molecule has 2 atom stereocenters. The minimum atomic E-state index is -0.494. The topological polar surface area (TPSA) is 72.3 Å². The number of hydrogen-bond donors (Lipinski definition) is 1. The van der Waals surface area contributed by atoms with Crippen molar-refractivity contribution in [1.29, 1.82) is 0 Å². The fourth-order valence-corrected chi connectivity index (χ4v) is 4.28. The highest BCUT2D eigenvalue weighted by Gasteiger charge is 2.51. The number of aryl methyl sites for hydroxylation is 1. The summed E-state index contributed by atoms with van der Waals surface area (Å²) >= 11 is 0. The zero-order valence-corrected chi connectivity index (χ0v) is 19.2. The van der Waals surface area contributed by atoms with E-state index in [0.29, 0.717) is 12.5 Å². The second kappa shape index (κ2) is 8.61. The predicted octanol–water partition coefficient (Wildman–Crippen LogP) is 3.96. The van der Waals surface area contributed by atoms with E-state index in [0.717, 1.165) is 44.7 Å². The number of rotatable bonds is 9. The summed E-state index contributed by atoms with van der Waals surface area (Å²) in [7, 11) is 0. The standard InChI is InChI=1S/C24H35N5O2/c1-5-29-21(26-17-27-29)14-25-15-24(11-12-24)16-28(22(30)31-23(2,3)4)20-13-19(20)18-9-7-6-8-10-18/h6-10,17,19-20,25H,5,11-16H2,1-4H3/t19?,20-/m0/s1. The summed E-state index contributed by atoms with van der Waals surface area (Å²) in [6.07, 6.45) is 4.68. The van der Waals surface area contributed by atoms with Gasteiger partial charge in [-0.25, -0.2) is 14.5 Å². The summed E-state index contributed by atoms with van der Waals surface area (Å²) in [5, 5.41) is 7.79. The van der Waals surface area contributed by atoms with Crippen LogP contribution in [-0.2, 0) is 17.8 Å². The summed E-state index contributed by atoms with van der Waals surface area (Å²) in [5.74, 6) is 1.36. The first-order valence-electron chi connectivity index (χ1n) is 11.4. The highest BCUT2D eigenvalue weighted by atomic mass is 16.6. The molecule has 0 aliphatic heterocycles. The normalized spacial score (nSPS) is 21.5. The number of ether oxygens (including phenoxy) is 1. The quantitative estimate of drug-likeness (QED) is 0.658.